The minimum Gasteiger partial charge on any atom is -0.392 e. The number of amides is 3. The number of nitrogens with zero attached hydrogens (tertiary/aromatic N) is 1. The fraction of sp³-hybridized carbons (Fsp3) is 0.296. The Kier molecular flexibility index (Phi) is 7.52. The maximum atomic E-state index is 12.9. The Morgan fingerprint density at radius 3 is 2.44 bits per heavy atom. The molecule has 9 nitrogen and oxygen atoms in total. The van der Waals surface area contributed by atoms with Crippen LogP contribution in [0.5, 0.6) is 0 Å². The van der Waals surface area contributed by atoms with Crippen LogP contribution in [0.1, 0.15) is 47.2 Å². The lowest BCUT2D eigenvalue weighted by Gasteiger charge is -2.16. The van der Waals surface area contributed by atoms with Crippen molar-refractivity contribution in [2.75, 3.05) is 17.2 Å². The first-order valence-corrected chi connectivity index (χ1v) is 11.8. The predicted octanol–water partition coefficient (Wildman–Crippen LogP) is 3.18. The molecule has 3 amide bonds. The molecule has 0 radical (unpaired) electrons. The lowest BCUT2D eigenvalue weighted by Crippen LogP contribution is -2.36. The van der Waals surface area contributed by atoms with Gasteiger partial charge in [-0.3, -0.25) is 9.59 Å². The van der Waals surface area contributed by atoms with E-state index in [2.05, 4.69) is 16.0 Å². The fourth-order valence-electron chi connectivity index (χ4n) is 4.02. The molecule has 4 rings (SSSR count). The van der Waals surface area contributed by atoms with Crippen LogP contribution < -0.4 is 21.5 Å². The minimum absolute atomic E-state index is 0.0333. The van der Waals surface area contributed by atoms with Gasteiger partial charge in [-0.1, -0.05) is 24.3 Å². The highest BCUT2D eigenvalue weighted by Crippen LogP contribution is 2.40. The van der Waals surface area contributed by atoms with Gasteiger partial charge >= 0.3 is 6.03 Å². The molecule has 1 saturated carbocycles. The summed E-state index contributed by atoms with van der Waals surface area (Å²) in [5.74, 6) is 0.312. The minimum atomic E-state index is -0.730. The number of urea groups is 1. The highest BCUT2D eigenvalue weighted by molar-refractivity contribution is 6.05. The van der Waals surface area contributed by atoms with E-state index in [0.717, 1.165) is 0 Å². The number of carbonyl (C=O) groups excluding carboxylic acids is 2. The molecule has 0 spiro atoms. The van der Waals surface area contributed by atoms with Crippen LogP contribution in [0.4, 0.5) is 16.2 Å². The van der Waals surface area contributed by atoms with Crippen molar-refractivity contribution in [2.45, 2.75) is 38.4 Å². The van der Waals surface area contributed by atoms with Crippen molar-refractivity contribution in [1.82, 2.24) is 9.88 Å². The molecule has 0 aliphatic heterocycles. The van der Waals surface area contributed by atoms with Crippen molar-refractivity contribution in [2.24, 2.45) is 7.05 Å². The lowest BCUT2D eigenvalue weighted by atomic mass is 9.99. The topological polar surface area (TPSA) is 133 Å². The number of rotatable bonds is 8. The Hall–Kier alpha value is -3.95. The van der Waals surface area contributed by atoms with Crippen molar-refractivity contribution in [3.05, 3.63) is 81.8 Å². The summed E-state index contributed by atoms with van der Waals surface area (Å²) < 4.78 is 1.33. The lowest BCUT2D eigenvalue weighted by molar-refractivity contribution is 0.102. The van der Waals surface area contributed by atoms with Gasteiger partial charge in [0.2, 0.25) is 0 Å². The van der Waals surface area contributed by atoms with E-state index in [1.54, 1.807) is 43.6 Å². The molecule has 2 aromatic carbocycles. The van der Waals surface area contributed by atoms with Gasteiger partial charge in [-0.25, -0.2) is 4.79 Å². The van der Waals surface area contributed by atoms with Gasteiger partial charge < -0.3 is 30.7 Å². The van der Waals surface area contributed by atoms with E-state index in [1.165, 1.54) is 36.0 Å². The number of aromatic nitrogens is 1. The number of aryl methyl sites for hydroxylation is 1. The Morgan fingerprint density at radius 2 is 1.81 bits per heavy atom. The number of nitrogens with one attached hydrogen (secondary N) is 3. The van der Waals surface area contributed by atoms with Crippen molar-refractivity contribution >= 4 is 23.3 Å². The number of pyridine rings is 1. The van der Waals surface area contributed by atoms with Crippen LogP contribution >= 0.6 is 0 Å². The third-order valence-corrected chi connectivity index (χ3v) is 6.10. The van der Waals surface area contributed by atoms with Gasteiger partial charge in [0.25, 0.3) is 11.5 Å². The average Bonchev–Trinajstić information content (AvgIpc) is 3.71. The van der Waals surface area contributed by atoms with Gasteiger partial charge in [0, 0.05) is 42.2 Å². The number of hydrogen-bond acceptors (Lipinski definition) is 5. The van der Waals surface area contributed by atoms with Crippen molar-refractivity contribution < 1.29 is 19.8 Å². The molecule has 1 atom stereocenters. The summed E-state index contributed by atoms with van der Waals surface area (Å²) >= 11 is 0. The summed E-state index contributed by atoms with van der Waals surface area (Å²) in [4.78, 5) is 37.6. The van der Waals surface area contributed by atoms with E-state index in [0.29, 0.717) is 33.9 Å². The van der Waals surface area contributed by atoms with Crippen LogP contribution in [0, 0.1) is 0 Å². The summed E-state index contributed by atoms with van der Waals surface area (Å²) in [6.45, 7) is 1.21. The molecule has 0 bridgehead atoms. The van der Waals surface area contributed by atoms with Gasteiger partial charge in [-0.2, -0.15) is 0 Å². The Labute approximate surface area is 208 Å². The summed E-state index contributed by atoms with van der Waals surface area (Å²) in [5.41, 5.74) is 3.46. The maximum absolute atomic E-state index is 12.9. The highest BCUT2D eigenvalue weighted by atomic mass is 16.3. The van der Waals surface area contributed by atoms with Crippen molar-refractivity contribution in [1.29, 1.82) is 0 Å². The molecule has 0 saturated heterocycles. The Bertz CT molecular complexity index is 1330. The molecule has 5 N–H and O–H groups in total. The summed E-state index contributed by atoms with van der Waals surface area (Å²) in [5, 5.41) is 27.4. The quantitative estimate of drug-likeness (QED) is 0.331. The number of carbonyl (C=O) groups is 2. The number of aliphatic hydroxyl groups excluding tert-OH is 2. The van der Waals surface area contributed by atoms with E-state index in [-0.39, 0.29) is 24.7 Å². The Morgan fingerprint density at radius 1 is 1.08 bits per heavy atom. The molecule has 1 unspecified atom stereocenters. The number of anilines is 2. The van der Waals surface area contributed by atoms with Crippen LogP contribution in [0.3, 0.4) is 0 Å². The number of hydrogen-bond donors (Lipinski definition) is 5. The smallest absolute Gasteiger partial charge is 0.319 e. The average molecular weight is 491 g/mol. The van der Waals surface area contributed by atoms with Gasteiger partial charge in [0.1, 0.15) is 5.69 Å². The first-order chi connectivity index (χ1) is 17.3. The van der Waals surface area contributed by atoms with Crippen LogP contribution in [0.25, 0.3) is 11.1 Å². The number of benzene rings is 2. The second-order valence-electron chi connectivity index (χ2n) is 9.08. The summed E-state index contributed by atoms with van der Waals surface area (Å²) in [6.07, 6.45) is 3.24. The molecule has 1 aromatic heterocycles. The Balaban J connectivity index is 1.60. The second-order valence-corrected chi connectivity index (χ2v) is 9.08. The van der Waals surface area contributed by atoms with E-state index in [1.807, 2.05) is 12.1 Å². The molecule has 36 heavy (non-hydrogen) atoms. The third-order valence-electron chi connectivity index (χ3n) is 6.10. The van der Waals surface area contributed by atoms with E-state index >= 15 is 0 Å². The van der Waals surface area contributed by atoms with Gasteiger partial charge in [0.15, 0.2) is 0 Å². The molecular weight excluding hydrogens is 460 g/mol. The fourth-order valence-corrected chi connectivity index (χ4v) is 4.02. The zero-order valence-electron chi connectivity index (χ0n) is 20.2. The first kappa shape index (κ1) is 25.2. The maximum Gasteiger partial charge on any atom is 0.319 e. The molecule has 3 aromatic rings. The van der Waals surface area contributed by atoms with Crippen LogP contribution in [0.15, 0.2) is 59.5 Å². The predicted molar refractivity (Wildman–Crippen MR) is 138 cm³/mol. The van der Waals surface area contributed by atoms with Crippen molar-refractivity contribution in [3.63, 3.8) is 0 Å². The standard InChI is InChI=1S/C27H30N4O5/c1-16(33)13-28-27(36)30-24-12-20(14-31(2)26(24)35)21-4-3-5-23(22(21)15-32)29-25(34)19-10-8-18(9-11-19)17-6-7-17/h3-5,8-12,14,16-17,32-33H,6-7,13,15H2,1-2H3,(H,29,34)(H2,28,30,36). The van der Waals surface area contributed by atoms with Crippen molar-refractivity contribution in [3.8, 4) is 11.1 Å². The third kappa shape index (κ3) is 5.81. The summed E-state index contributed by atoms with van der Waals surface area (Å²) in [7, 11) is 1.56. The first-order valence-electron chi connectivity index (χ1n) is 11.8. The number of aliphatic hydroxyl groups is 2. The molecule has 1 aliphatic rings. The molecule has 1 aliphatic carbocycles. The molecule has 9 heteroatoms. The van der Waals surface area contributed by atoms with E-state index in [4.69, 9.17) is 0 Å². The summed E-state index contributed by atoms with van der Waals surface area (Å²) in [6, 6.07) is 13.7. The van der Waals surface area contributed by atoms with Crippen LogP contribution in [-0.2, 0) is 13.7 Å². The zero-order chi connectivity index (χ0) is 25.8. The largest absolute Gasteiger partial charge is 0.392 e. The molecular formula is C27H30N4O5. The molecule has 188 valence electrons. The molecule has 1 fully saturated rings. The van der Waals surface area contributed by atoms with Crippen LogP contribution in [0.2, 0.25) is 0 Å². The highest BCUT2D eigenvalue weighted by Gasteiger charge is 2.23. The van der Waals surface area contributed by atoms with Gasteiger partial charge in [-0.05, 0) is 61.1 Å². The SMILES string of the molecule is CC(O)CNC(=O)Nc1cc(-c2cccc(NC(=O)c3ccc(C4CC4)cc3)c2CO)cn(C)c1=O. The van der Waals surface area contributed by atoms with Gasteiger partial charge in [0.05, 0.1) is 12.7 Å². The van der Waals surface area contributed by atoms with Gasteiger partial charge in [-0.15, -0.1) is 0 Å². The van der Waals surface area contributed by atoms with E-state index in [9.17, 15) is 24.6 Å². The van der Waals surface area contributed by atoms with E-state index < -0.39 is 17.7 Å². The van der Waals surface area contributed by atoms with Crippen LogP contribution in [-0.4, -0.2) is 39.4 Å². The normalized spacial score (nSPS) is 13.7. The molecule has 1 heterocycles. The zero-order valence-corrected chi connectivity index (χ0v) is 20.2. The second kappa shape index (κ2) is 10.8. The monoisotopic (exact) mass is 490 g/mol.